The molecule has 8 nitrogen and oxygen atoms in total. The highest BCUT2D eigenvalue weighted by molar-refractivity contribution is 8.04. The molecule has 2 aromatic carbocycles. The molecule has 0 fully saturated rings. The lowest BCUT2D eigenvalue weighted by atomic mass is 10.1. The zero-order valence-corrected chi connectivity index (χ0v) is 18.3. The number of hydrogen-bond donors (Lipinski definition) is 1. The maximum atomic E-state index is 13.2. The normalized spacial score (nSPS) is 17.3. The van der Waals surface area contributed by atoms with Crippen molar-refractivity contribution in [3.8, 4) is 0 Å². The van der Waals surface area contributed by atoms with Gasteiger partial charge >= 0.3 is 17.9 Å². The summed E-state index contributed by atoms with van der Waals surface area (Å²) in [5.41, 5.74) is 1.81. The molecule has 2 aromatic rings. The SMILES string of the molecule is COC(=O)c1ccc(NC(=O)C[N+]2=C3C=CSC3C(=O)N(Cc3ccc(F)cc3)C2=O)cc1. The van der Waals surface area contributed by atoms with Crippen molar-refractivity contribution < 1.29 is 32.9 Å². The molecule has 168 valence electrons. The van der Waals surface area contributed by atoms with Crippen LogP contribution >= 0.6 is 11.8 Å². The van der Waals surface area contributed by atoms with E-state index in [1.54, 1.807) is 23.6 Å². The highest BCUT2D eigenvalue weighted by Crippen LogP contribution is 2.28. The fourth-order valence-electron chi connectivity index (χ4n) is 3.48. The first-order chi connectivity index (χ1) is 15.9. The number of fused-ring (bicyclic) bond motifs is 1. The fraction of sp³-hybridized carbons (Fsp3) is 0.174. The van der Waals surface area contributed by atoms with Crippen LogP contribution in [0.4, 0.5) is 14.9 Å². The van der Waals surface area contributed by atoms with Gasteiger partial charge in [0.15, 0.2) is 11.8 Å². The number of carbonyl (C=O) groups excluding carboxylic acids is 4. The predicted molar refractivity (Wildman–Crippen MR) is 119 cm³/mol. The number of rotatable bonds is 6. The zero-order valence-electron chi connectivity index (χ0n) is 17.5. The molecule has 10 heteroatoms. The number of nitrogens with one attached hydrogen (secondary N) is 1. The molecule has 33 heavy (non-hydrogen) atoms. The molecule has 4 amide bonds. The van der Waals surface area contributed by atoms with E-state index < -0.39 is 29.0 Å². The zero-order chi connectivity index (χ0) is 23.5. The summed E-state index contributed by atoms with van der Waals surface area (Å²) >= 11 is 1.26. The van der Waals surface area contributed by atoms with Gasteiger partial charge in [-0.3, -0.25) is 4.79 Å². The molecule has 1 unspecified atom stereocenters. The van der Waals surface area contributed by atoms with Gasteiger partial charge in [0.25, 0.3) is 5.91 Å². The Morgan fingerprint density at radius 2 is 1.82 bits per heavy atom. The maximum Gasteiger partial charge on any atom is 0.501 e. The second kappa shape index (κ2) is 9.37. The molecule has 0 bridgehead atoms. The molecule has 0 saturated heterocycles. The minimum Gasteiger partial charge on any atom is -0.465 e. The number of urea groups is 1. The second-order valence-electron chi connectivity index (χ2n) is 7.28. The van der Waals surface area contributed by atoms with Gasteiger partial charge in [0.1, 0.15) is 18.1 Å². The van der Waals surface area contributed by atoms with E-state index in [1.165, 1.54) is 59.8 Å². The number of ether oxygens (including phenoxy) is 1. The Morgan fingerprint density at radius 3 is 2.48 bits per heavy atom. The third kappa shape index (κ3) is 4.70. The van der Waals surface area contributed by atoms with Gasteiger partial charge in [0, 0.05) is 5.69 Å². The largest absolute Gasteiger partial charge is 0.501 e. The van der Waals surface area contributed by atoms with Crippen LogP contribution in [0.2, 0.25) is 0 Å². The van der Waals surface area contributed by atoms with E-state index in [0.717, 1.165) is 4.90 Å². The molecule has 0 spiro atoms. The number of carbonyl (C=O) groups is 4. The number of esters is 1. The Balaban J connectivity index is 1.52. The average Bonchev–Trinajstić information content (AvgIpc) is 3.31. The lowest BCUT2D eigenvalue weighted by molar-refractivity contribution is -0.426. The summed E-state index contributed by atoms with van der Waals surface area (Å²) < 4.78 is 19.1. The summed E-state index contributed by atoms with van der Waals surface area (Å²) in [4.78, 5) is 51.4. The summed E-state index contributed by atoms with van der Waals surface area (Å²) in [6.45, 7) is -0.336. The first kappa shape index (κ1) is 22.4. The van der Waals surface area contributed by atoms with Gasteiger partial charge in [-0.05, 0) is 53.4 Å². The monoisotopic (exact) mass is 468 g/mol. The van der Waals surface area contributed by atoms with E-state index in [0.29, 0.717) is 22.5 Å². The molecule has 0 aliphatic carbocycles. The molecule has 2 aliphatic heterocycles. The minimum atomic E-state index is -0.629. The molecule has 1 N–H and O–H groups in total. The summed E-state index contributed by atoms with van der Waals surface area (Å²) in [5.74, 6) is -1.77. The van der Waals surface area contributed by atoms with Crippen molar-refractivity contribution in [2.24, 2.45) is 0 Å². The minimum absolute atomic E-state index is 0.0323. The Hall–Kier alpha value is -3.79. The van der Waals surface area contributed by atoms with Gasteiger partial charge < -0.3 is 10.1 Å². The predicted octanol–water partition coefficient (Wildman–Crippen LogP) is 2.80. The summed E-state index contributed by atoms with van der Waals surface area (Å²) in [5, 5.41) is 3.76. The number of benzene rings is 2. The molecule has 0 aromatic heterocycles. The molecule has 4 rings (SSSR count). The molecule has 0 saturated carbocycles. The van der Waals surface area contributed by atoms with E-state index in [9.17, 15) is 23.6 Å². The smallest absolute Gasteiger partial charge is 0.465 e. The van der Waals surface area contributed by atoms with E-state index >= 15 is 0 Å². The maximum absolute atomic E-state index is 13.2. The number of halogens is 1. The third-order valence-corrected chi connectivity index (χ3v) is 6.14. The van der Waals surface area contributed by atoms with E-state index in [4.69, 9.17) is 0 Å². The molecule has 2 heterocycles. The molecule has 1 atom stereocenters. The summed E-state index contributed by atoms with van der Waals surface area (Å²) in [6.07, 6.45) is 1.65. The van der Waals surface area contributed by atoms with Gasteiger partial charge in [0.2, 0.25) is 0 Å². The van der Waals surface area contributed by atoms with Crippen LogP contribution in [0.5, 0.6) is 0 Å². The summed E-state index contributed by atoms with van der Waals surface area (Å²) in [6, 6.07) is 11.0. The lowest BCUT2D eigenvalue weighted by Gasteiger charge is -2.24. The number of anilines is 1. The number of amides is 4. The molecule has 2 aliphatic rings. The van der Waals surface area contributed by atoms with Crippen LogP contribution in [0, 0.1) is 5.82 Å². The van der Waals surface area contributed by atoms with Crippen LogP contribution in [-0.4, -0.2) is 57.9 Å². The highest BCUT2D eigenvalue weighted by atomic mass is 32.2. The van der Waals surface area contributed by atoms with Crippen molar-refractivity contribution in [2.75, 3.05) is 19.0 Å². The van der Waals surface area contributed by atoms with Crippen LogP contribution in [0.25, 0.3) is 0 Å². The average molecular weight is 468 g/mol. The standard InChI is InChI=1S/C23H18FN3O5S/c1-32-22(30)15-4-8-17(9-5-15)25-19(28)13-26-18-10-11-33-20(18)21(29)27(23(26)31)12-14-2-6-16(24)7-3-14/h2-11,20H,12-13H2,1H3/p+1. The van der Waals surface area contributed by atoms with Crippen molar-refractivity contribution in [1.29, 1.82) is 0 Å². The third-order valence-electron chi connectivity index (χ3n) is 5.13. The fourth-order valence-corrected chi connectivity index (χ4v) is 4.45. The topological polar surface area (TPSA) is 95.8 Å². The van der Waals surface area contributed by atoms with Crippen molar-refractivity contribution in [3.05, 3.63) is 77.0 Å². The Labute approximate surface area is 192 Å². The molecular weight excluding hydrogens is 449 g/mol. The van der Waals surface area contributed by atoms with Gasteiger partial charge in [-0.1, -0.05) is 12.1 Å². The lowest BCUT2D eigenvalue weighted by Crippen LogP contribution is -2.55. The Kier molecular flexibility index (Phi) is 6.36. The van der Waals surface area contributed by atoms with E-state index in [2.05, 4.69) is 10.1 Å². The first-order valence-electron chi connectivity index (χ1n) is 9.92. The van der Waals surface area contributed by atoms with Gasteiger partial charge in [-0.25, -0.2) is 14.0 Å². The number of nitrogens with zero attached hydrogens (tertiary/aromatic N) is 2. The molecule has 0 radical (unpaired) electrons. The molecular formula is C23H19FN3O5S+. The number of imide groups is 1. The number of allylic oxidation sites excluding steroid dienone is 1. The second-order valence-corrected chi connectivity index (χ2v) is 8.30. The van der Waals surface area contributed by atoms with Crippen molar-refractivity contribution in [2.45, 2.75) is 11.8 Å². The highest BCUT2D eigenvalue weighted by Gasteiger charge is 2.49. The quantitative estimate of drug-likeness (QED) is 0.518. The van der Waals surface area contributed by atoms with E-state index in [-0.39, 0.29) is 19.0 Å². The van der Waals surface area contributed by atoms with Crippen LogP contribution in [-0.2, 0) is 20.9 Å². The van der Waals surface area contributed by atoms with Crippen molar-refractivity contribution in [1.82, 2.24) is 4.90 Å². The number of methoxy groups -OCH3 is 1. The van der Waals surface area contributed by atoms with Crippen LogP contribution in [0.1, 0.15) is 15.9 Å². The Bertz CT molecular complexity index is 1190. The van der Waals surface area contributed by atoms with Crippen LogP contribution < -0.4 is 5.32 Å². The van der Waals surface area contributed by atoms with E-state index in [1.807, 2.05) is 0 Å². The summed E-state index contributed by atoms with van der Waals surface area (Å²) in [7, 11) is 1.28. The van der Waals surface area contributed by atoms with Gasteiger partial charge in [0.05, 0.1) is 12.7 Å². The first-order valence-corrected chi connectivity index (χ1v) is 10.9. The Morgan fingerprint density at radius 1 is 1.12 bits per heavy atom. The van der Waals surface area contributed by atoms with Crippen molar-refractivity contribution >= 4 is 47.0 Å². The van der Waals surface area contributed by atoms with Crippen molar-refractivity contribution in [3.63, 3.8) is 0 Å². The number of thioether (sulfide) groups is 1. The van der Waals surface area contributed by atoms with Gasteiger partial charge in [-0.15, -0.1) is 11.8 Å². The van der Waals surface area contributed by atoms with Crippen LogP contribution in [0.15, 0.2) is 60.0 Å². The van der Waals surface area contributed by atoms with Crippen LogP contribution in [0.3, 0.4) is 0 Å². The number of hydrogen-bond acceptors (Lipinski definition) is 6. The van der Waals surface area contributed by atoms with Gasteiger partial charge in [-0.2, -0.15) is 14.3 Å².